The van der Waals surface area contributed by atoms with Crippen LogP contribution in [0.3, 0.4) is 0 Å². The van der Waals surface area contributed by atoms with Gasteiger partial charge in [-0.3, -0.25) is 4.79 Å². The van der Waals surface area contributed by atoms with Gasteiger partial charge >= 0.3 is 0 Å². The van der Waals surface area contributed by atoms with Gasteiger partial charge in [0.25, 0.3) is 0 Å². The van der Waals surface area contributed by atoms with E-state index in [0.29, 0.717) is 6.61 Å². The average Bonchev–Trinajstić information content (AvgIpc) is 2.31. The number of amides is 1. The van der Waals surface area contributed by atoms with Crippen molar-refractivity contribution in [3.63, 3.8) is 0 Å². The Kier molecular flexibility index (Phi) is 5.77. The second kappa shape index (κ2) is 6.86. The zero-order valence-corrected chi connectivity index (χ0v) is 10.7. The molecule has 0 aromatic carbocycles. The molecule has 4 heteroatoms. The highest BCUT2D eigenvalue weighted by molar-refractivity contribution is 5.79. The summed E-state index contributed by atoms with van der Waals surface area (Å²) < 4.78 is 5.11. The van der Waals surface area contributed by atoms with Gasteiger partial charge in [-0.2, -0.15) is 0 Å². The Morgan fingerprint density at radius 3 is 2.88 bits per heavy atom. The SMILES string of the molecule is CCN(C(=O)[C@H]1CCCNC1)C(C)COC. The lowest BCUT2D eigenvalue weighted by Crippen LogP contribution is -2.47. The van der Waals surface area contributed by atoms with Gasteiger partial charge in [0, 0.05) is 20.2 Å². The minimum atomic E-state index is 0.160. The van der Waals surface area contributed by atoms with E-state index < -0.39 is 0 Å². The summed E-state index contributed by atoms with van der Waals surface area (Å²) in [4.78, 5) is 14.2. The first kappa shape index (κ1) is 13.5. The maximum absolute atomic E-state index is 12.3. The third-order valence-corrected chi connectivity index (χ3v) is 3.21. The van der Waals surface area contributed by atoms with Crippen molar-refractivity contribution in [2.24, 2.45) is 5.92 Å². The number of nitrogens with one attached hydrogen (secondary N) is 1. The Hall–Kier alpha value is -0.610. The second-order valence-corrected chi connectivity index (χ2v) is 4.47. The summed E-state index contributed by atoms with van der Waals surface area (Å²) in [6.07, 6.45) is 2.12. The smallest absolute Gasteiger partial charge is 0.227 e. The molecule has 1 N–H and O–H groups in total. The summed E-state index contributed by atoms with van der Waals surface area (Å²) in [5, 5.41) is 3.29. The van der Waals surface area contributed by atoms with Crippen LogP contribution in [0.2, 0.25) is 0 Å². The summed E-state index contributed by atoms with van der Waals surface area (Å²) in [6.45, 7) is 7.32. The van der Waals surface area contributed by atoms with Gasteiger partial charge < -0.3 is 15.0 Å². The number of hydrogen-bond donors (Lipinski definition) is 1. The van der Waals surface area contributed by atoms with Crippen LogP contribution in [0.15, 0.2) is 0 Å². The number of rotatable bonds is 5. The van der Waals surface area contributed by atoms with Crippen LogP contribution in [0.1, 0.15) is 26.7 Å². The summed E-state index contributed by atoms with van der Waals surface area (Å²) in [5.74, 6) is 0.437. The molecule has 1 unspecified atom stereocenters. The van der Waals surface area contributed by atoms with Gasteiger partial charge in [-0.1, -0.05) is 0 Å². The topological polar surface area (TPSA) is 41.6 Å². The average molecular weight is 228 g/mol. The van der Waals surface area contributed by atoms with Crippen molar-refractivity contribution in [3.05, 3.63) is 0 Å². The van der Waals surface area contributed by atoms with Crippen molar-refractivity contribution in [2.75, 3.05) is 33.4 Å². The maximum atomic E-state index is 12.3. The highest BCUT2D eigenvalue weighted by Crippen LogP contribution is 2.15. The number of likely N-dealkylation sites (N-methyl/N-ethyl adjacent to an activating group) is 1. The molecular formula is C12H24N2O2. The molecule has 1 aliphatic heterocycles. The minimum absolute atomic E-state index is 0.160. The molecule has 0 radical (unpaired) electrons. The fraction of sp³-hybridized carbons (Fsp3) is 0.917. The molecule has 4 nitrogen and oxygen atoms in total. The molecule has 1 heterocycles. The van der Waals surface area contributed by atoms with Crippen molar-refractivity contribution in [1.29, 1.82) is 0 Å². The molecule has 1 amide bonds. The van der Waals surface area contributed by atoms with E-state index >= 15 is 0 Å². The molecule has 0 saturated carbocycles. The Labute approximate surface area is 98.3 Å². The summed E-state index contributed by atoms with van der Waals surface area (Å²) in [5.41, 5.74) is 0. The highest BCUT2D eigenvalue weighted by Gasteiger charge is 2.27. The third kappa shape index (κ3) is 3.46. The van der Waals surface area contributed by atoms with Gasteiger partial charge in [-0.25, -0.2) is 0 Å². The number of ether oxygens (including phenoxy) is 1. The van der Waals surface area contributed by atoms with Crippen molar-refractivity contribution in [2.45, 2.75) is 32.7 Å². The van der Waals surface area contributed by atoms with Gasteiger partial charge in [-0.05, 0) is 33.2 Å². The summed E-state index contributed by atoms with van der Waals surface area (Å²) in [7, 11) is 1.68. The van der Waals surface area contributed by atoms with E-state index in [1.807, 2.05) is 18.7 Å². The number of hydrogen-bond acceptors (Lipinski definition) is 3. The zero-order valence-electron chi connectivity index (χ0n) is 10.7. The standard InChI is InChI=1S/C12H24N2O2/c1-4-14(10(2)9-16-3)12(15)11-6-5-7-13-8-11/h10-11,13H,4-9H2,1-3H3/t10?,11-/m0/s1. The van der Waals surface area contributed by atoms with Crippen LogP contribution in [-0.2, 0) is 9.53 Å². The molecule has 0 aliphatic carbocycles. The monoisotopic (exact) mass is 228 g/mol. The van der Waals surface area contributed by atoms with Crippen LogP contribution in [0.4, 0.5) is 0 Å². The number of carbonyl (C=O) groups is 1. The fourth-order valence-corrected chi connectivity index (χ4v) is 2.31. The number of methoxy groups -OCH3 is 1. The van der Waals surface area contributed by atoms with E-state index in [0.717, 1.165) is 32.5 Å². The lowest BCUT2D eigenvalue weighted by atomic mass is 9.97. The van der Waals surface area contributed by atoms with E-state index in [1.54, 1.807) is 7.11 Å². The predicted molar refractivity (Wildman–Crippen MR) is 64.3 cm³/mol. The molecular weight excluding hydrogens is 204 g/mol. The molecule has 0 bridgehead atoms. The quantitative estimate of drug-likeness (QED) is 0.759. The maximum Gasteiger partial charge on any atom is 0.227 e. The van der Waals surface area contributed by atoms with Crippen LogP contribution in [0, 0.1) is 5.92 Å². The van der Waals surface area contributed by atoms with Crippen LogP contribution in [-0.4, -0.2) is 50.2 Å². The van der Waals surface area contributed by atoms with Gasteiger partial charge in [0.15, 0.2) is 0 Å². The van der Waals surface area contributed by atoms with Gasteiger partial charge in [-0.15, -0.1) is 0 Å². The van der Waals surface area contributed by atoms with Gasteiger partial charge in [0.05, 0.1) is 18.6 Å². The highest BCUT2D eigenvalue weighted by atomic mass is 16.5. The first-order valence-corrected chi connectivity index (χ1v) is 6.20. The second-order valence-electron chi connectivity index (χ2n) is 4.47. The normalized spacial score (nSPS) is 22.8. The van der Waals surface area contributed by atoms with Crippen LogP contribution in [0.5, 0.6) is 0 Å². The molecule has 16 heavy (non-hydrogen) atoms. The molecule has 0 aromatic rings. The van der Waals surface area contributed by atoms with Crippen molar-refractivity contribution in [3.8, 4) is 0 Å². The molecule has 1 aliphatic rings. The number of carbonyl (C=O) groups excluding carboxylic acids is 1. The van der Waals surface area contributed by atoms with Crippen molar-refractivity contribution in [1.82, 2.24) is 10.2 Å². The van der Waals surface area contributed by atoms with Crippen LogP contribution >= 0.6 is 0 Å². The van der Waals surface area contributed by atoms with E-state index in [9.17, 15) is 4.79 Å². The molecule has 1 saturated heterocycles. The molecule has 0 aromatic heterocycles. The molecule has 1 fully saturated rings. The predicted octanol–water partition coefficient (Wildman–Crippen LogP) is 0.869. The van der Waals surface area contributed by atoms with E-state index in [1.165, 1.54) is 0 Å². The molecule has 2 atom stereocenters. The first-order chi connectivity index (χ1) is 7.70. The first-order valence-electron chi connectivity index (χ1n) is 6.20. The Balaban J connectivity index is 2.53. The fourth-order valence-electron chi connectivity index (χ4n) is 2.31. The number of piperidine rings is 1. The summed E-state index contributed by atoms with van der Waals surface area (Å²) in [6, 6.07) is 0.171. The Morgan fingerprint density at radius 2 is 2.38 bits per heavy atom. The van der Waals surface area contributed by atoms with Crippen LogP contribution < -0.4 is 5.32 Å². The van der Waals surface area contributed by atoms with E-state index in [4.69, 9.17) is 4.74 Å². The lowest BCUT2D eigenvalue weighted by Gasteiger charge is -2.32. The van der Waals surface area contributed by atoms with Gasteiger partial charge in [0.1, 0.15) is 0 Å². The largest absolute Gasteiger partial charge is 0.383 e. The third-order valence-electron chi connectivity index (χ3n) is 3.21. The van der Waals surface area contributed by atoms with E-state index in [2.05, 4.69) is 5.32 Å². The van der Waals surface area contributed by atoms with Gasteiger partial charge in [0.2, 0.25) is 5.91 Å². The lowest BCUT2D eigenvalue weighted by molar-refractivity contribution is -0.138. The molecule has 94 valence electrons. The zero-order chi connectivity index (χ0) is 12.0. The molecule has 1 rings (SSSR count). The van der Waals surface area contributed by atoms with Crippen molar-refractivity contribution < 1.29 is 9.53 Å². The number of nitrogens with zero attached hydrogens (tertiary/aromatic N) is 1. The Morgan fingerprint density at radius 1 is 1.62 bits per heavy atom. The molecule has 0 spiro atoms. The Bertz CT molecular complexity index is 215. The minimum Gasteiger partial charge on any atom is -0.383 e. The van der Waals surface area contributed by atoms with E-state index in [-0.39, 0.29) is 17.9 Å². The van der Waals surface area contributed by atoms with Crippen molar-refractivity contribution >= 4 is 5.91 Å². The van der Waals surface area contributed by atoms with Crippen LogP contribution in [0.25, 0.3) is 0 Å². The summed E-state index contributed by atoms with van der Waals surface area (Å²) >= 11 is 0.